The minimum absolute atomic E-state index is 0.671. The molecule has 1 heteroatoms. The summed E-state index contributed by atoms with van der Waals surface area (Å²) in [5, 5.41) is 0. The Morgan fingerprint density at radius 2 is 1.76 bits per heavy atom. The molecule has 0 bridgehead atoms. The molecule has 0 aliphatic carbocycles. The summed E-state index contributed by atoms with van der Waals surface area (Å²) in [5.74, 6) is 8.07. The minimum Gasteiger partial charge on any atom is -0.493 e. The number of hydrogen-bond acceptors (Lipinski definition) is 1. The molecule has 116 valence electrons. The third-order valence-electron chi connectivity index (χ3n) is 3.93. The first kappa shape index (κ1) is 17.6. The van der Waals surface area contributed by atoms with Crippen LogP contribution in [0.5, 0.6) is 5.75 Å². The predicted octanol–water partition coefficient (Wildman–Crippen LogP) is 5.66. The van der Waals surface area contributed by atoms with Gasteiger partial charge in [-0.15, -0.1) is 0 Å². The molecule has 21 heavy (non-hydrogen) atoms. The van der Waals surface area contributed by atoms with Gasteiger partial charge < -0.3 is 4.74 Å². The summed E-state index contributed by atoms with van der Waals surface area (Å²) in [5.41, 5.74) is 3.59. The highest BCUT2D eigenvalue weighted by molar-refractivity contribution is 5.50. The van der Waals surface area contributed by atoms with E-state index in [0.29, 0.717) is 5.92 Å². The number of ether oxygens (including phenoxy) is 1. The highest BCUT2D eigenvalue weighted by atomic mass is 16.5. The molecule has 1 rings (SSSR count). The van der Waals surface area contributed by atoms with Gasteiger partial charge in [-0.3, -0.25) is 0 Å². The van der Waals surface area contributed by atoms with E-state index < -0.39 is 0 Å². The van der Waals surface area contributed by atoms with Gasteiger partial charge in [0.2, 0.25) is 0 Å². The fraction of sp³-hybridized carbons (Fsp3) is 0.600. The van der Waals surface area contributed by atoms with Crippen LogP contribution in [-0.4, -0.2) is 6.61 Å². The SMILES string of the molecule is CCC#Cc1c(C)cc(OCC(CC)CCCC)cc1C. The summed E-state index contributed by atoms with van der Waals surface area (Å²) in [4.78, 5) is 0. The zero-order valence-corrected chi connectivity index (χ0v) is 14.4. The summed E-state index contributed by atoms with van der Waals surface area (Å²) < 4.78 is 6.03. The first-order valence-electron chi connectivity index (χ1n) is 8.35. The van der Waals surface area contributed by atoms with Crippen molar-refractivity contribution < 1.29 is 4.74 Å². The van der Waals surface area contributed by atoms with E-state index in [9.17, 15) is 0 Å². The van der Waals surface area contributed by atoms with Crippen LogP contribution in [0.1, 0.15) is 69.6 Å². The molecular formula is C20H30O. The van der Waals surface area contributed by atoms with Gasteiger partial charge in [-0.05, 0) is 49.4 Å². The first-order chi connectivity index (χ1) is 10.1. The molecule has 0 N–H and O–H groups in total. The molecule has 1 unspecified atom stereocenters. The third kappa shape index (κ3) is 5.84. The second kappa shape index (κ2) is 9.50. The Bertz CT molecular complexity index is 467. The maximum Gasteiger partial charge on any atom is 0.119 e. The number of benzene rings is 1. The van der Waals surface area contributed by atoms with Gasteiger partial charge in [0, 0.05) is 12.0 Å². The van der Waals surface area contributed by atoms with Crippen molar-refractivity contribution in [1.82, 2.24) is 0 Å². The Labute approximate surface area is 131 Å². The lowest BCUT2D eigenvalue weighted by Crippen LogP contribution is -2.11. The van der Waals surface area contributed by atoms with E-state index in [4.69, 9.17) is 4.74 Å². The fourth-order valence-electron chi connectivity index (χ4n) is 2.49. The average molecular weight is 286 g/mol. The highest BCUT2D eigenvalue weighted by Gasteiger charge is 2.09. The van der Waals surface area contributed by atoms with E-state index in [0.717, 1.165) is 24.3 Å². The van der Waals surface area contributed by atoms with Crippen LogP contribution in [0, 0.1) is 31.6 Å². The minimum atomic E-state index is 0.671. The molecule has 0 saturated heterocycles. The van der Waals surface area contributed by atoms with Crippen molar-refractivity contribution in [2.45, 2.75) is 66.7 Å². The van der Waals surface area contributed by atoms with Crippen molar-refractivity contribution in [3.63, 3.8) is 0 Å². The number of rotatable bonds is 7. The van der Waals surface area contributed by atoms with Gasteiger partial charge in [0.1, 0.15) is 5.75 Å². The Morgan fingerprint density at radius 1 is 1.10 bits per heavy atom. The van der Waals surface area contributed by atoms with Gasteiger partial charge in [0.25, 0.3) is 0 Å². The Balaban J connectivity index is 2.72. The van der Waals surface area contributed by atoms with Crippen LogP contribution in [0.25, 0.3) is 0 Å². The molecular weight excluding hydrogens is 256 g/mol. The third-order valence-corrected chi connectivity index (χ3v) is 3.93. The quantitative estimate of drug-likeness (QED) is 0.588. The lowest BCUT2D eigenvalue weighted by Gasteiger charge is -2.16. The van der Waals surface area contributed by atoms with Crippen molar-refractivity contribution >= 4 is 0 Å². The number of aryl methyl sites for hydroxylation is 2. The van der Waals surface area contributed by atoms with E-state index in [1.807, 2.05) is 0 Å². The largest absolute Gasteiger partial charge is 0.493 e. The molecule has 1 atom stereocenters. The lowest BCUT2D eigenvalue weighted by atomic mass is 10.00. The molecule has 0 aliphatic rings. The fourth-order valence-corrected chi connectivity index (χ4v) is 2.49. The average Bonchev–Trinajstić information content (AvgIpc) is 2.46. The lowest BCUT2D eigenvalue weighted by molar-refractivity contribution is 0.233. The van der Waals surface area contributed by atoms with E-state index in [1.165, 1.54) is 36.8 Å². The van der Waals surface area contributed by atoms with Crippen molar-refractivity contribution in [1.29, 1.82) is 0 Å². The van der Waals surface area contributed by atoms with Crippen molar-refractivity contribution in [3.05, 3.63) is 28.8 Å². The van der Waals surface area contributed by atoms with Crippen LogP contribution >= 0.6 is 0 Å². The molecule has 0 fully saturated rings. The zero-order chi connectivity index (χ0) is 15.7. The molecule has 0 heterocycles. The van der Waals surface area contributed by atoms with Crippen LogP contribution in [0.2, 0.25) is 0 Å². The normalized spacial score (nSPS) is 11.7. The monoisotopic (exact) mass is 286 g/mol. The van der Waals surface area contributed by atoms with Crippen molar-refractivity contribution in [2.24, 2.45) is 5.92 Å². The molecule has 0 radical (unpaired) electrons. The van der Waals surface area contributed by atoms with Crippen molar-refractivity contribution in [3.8, 4) is 17.6 Å². The topological polar surface area (TPSA) is 9.23 Å². The second-order valence-corrected chi connectivity index (χ2v) is 5.81. The Hall–Kier alpha value is -1.42. The van der Waals surface area contributed by atoms with Gasteiger partial charge in [0.15, 0.2) is 0 Å². The smallest absolute Gasteiger partial charge is 0.119 e. The molecule has 0 spiro atoms. The molecule has 0 amide bonds. The van der Waals surface area contributed by atoms with Crippen LogP contribution in [0.3, 0.4) is 0 Å². The zero-order valence-electron chi connectivity index (χ0n) is 14.4. The van der Waals surface area contributed by atoms with Gasteiger partial charge in [-0.25, -0.2) is 0 Å². The Kier molecular flexibility index (Phi) is 7.98. The van der Waals surface area contributed by atoms with Gasteiger partial charge in [-0.1, -0.05) is 51.9 Å². The van der Waals surface area contributed by atoms with Gasteiger partial charge >= 0.3 is 0 Å². The summed E-state index contributed by atoms with van der Waals surface area (Å²) in [6.45, 7) is 11.6. The Morgan fingerprint density at radius 3 is 2.29 bits per heavy atom. The maximum absolute atomic E-state index is 6.03. The van der Waals surface area contributed by atoms with Crippen LogP contribution in [0.4, 0.5) is 0 Å². The molecule has 0 aliphatic heterocycles. The molecule has 0 aromatic heterocycles. The van der Waals surface area contributed by atoms with Gasteiger partial charge in [0.05, 0.1) is 6.61 Å². The van der Waals surface area contributed by atoms with E-state index >= 15 is 0 Å². The molecule has 1 aromatic rings. The van der Waals surface area contributed by atoms with E-state index in [-0.39, 0.29) is 0 Å². The molecule has 1 nitrogen and oxygen atoms in total. The summed E-state index contributed by atoms with van der Waals surface area (Å²) >= 11 is 0. The van der Waals surface area contributed by atoms with Crippen LogP contribution in [-0.2, 0) is 0 Å². The highest BCUT2D eigenvalue weighted by Crippen LogP contribution is 2.23. The van der Waals surface area contributed by atoms with Crippen LogP contribution in [0.15, 0.2) is 12.1 Å². The number of unbranched alkanes of at least 4 members (excludes halogenated alkanes) is 1. The first-order valence-corrected chi connectivity index (χ1v) is 8.35. The van der Waals surface area contributed by atoms with Gasteiger partial charge in [-0.2, -0.15) is 0 Å². The summed E-state index contributed by atoms with van der Waals surface area (Å²) in [6.07, 6.45) is 5.92. The molecule has 1 aromatic carbocycles. The number of hydrogen-bond donors (Lipinski definition) is 0. The standard InChI is InChI=1S/C20H30O/c1-6-9-11-18(8-3)15-21-19-13-16(4)20(12-10-7-2)17(5)14-19/h13-14,18H,6-9,11,15H2,1-5H3. The maximum atomic E-state index is 6.03. The predicted molar refractivity (Wildman–Crippen MR) is 91.9 cm³/mol. The summed E-state index contributed by atoms with van der Waals surface area (Å²) in [6, 6.07) is 4.25. The van der Waals surface area contributed by atoms with Crippen molar-refractivity contribution in [2.75, 3.05) is 6.61 Å². The van der Waals surface area contributed by atoms with E-state index in [2.05, 4.69) is 58.6 Å². The second-order valence-electron chi connectivity index (χ2n) is 5.81. The van der Waals surface area contributed by atoms with E-state index in [1.54, 1.807) is 0 Å². The molecule has 0 saturated carbocycles. The van der Waals surface area contributed by atoms with Crippen LogP contribution < -0.4 is 4.74 Å². The summed E-state index contributed by atoms with van der Waals surface area (Å²) in [7, 11) is 0.